The average molecular weight is 424 g/mol. The van der Waals surface area contributed by atoms with Crippen LogP contribution in [0.2, 0.25) is 0 Å². The van der Waals surface area contributed by atoms with Gasteiger partial charge in [-0.2, -0.15) is 11.3 Å². The van der Waals surface area contributed by atoms with E-state index in [9.17, 15) is 9.59 Å². The number of nitrogens with one attached hydrogen (secondary N) is 1. The van der Waals surface area contributed by atoms with Gasteiger partial charge in [-0.15, -0.1) is 12.4 Å². The van der Waals surface area contributed by atoms with E-state index >= 15 is 0 Å². The van der Waals surface area contributed by atoms with Crippen LogP contribution in [0.5, 0.6) is 5.75 Å². The predicted molar refractivity (Wildman–Crippen MR) is 113 cm³/mol. The zero-order chi connectivity index (χ0) is 19.1. The van der Waals surface area contributed by atoms with Crippen LogP contribution in [0.3, 0.4) is 0 Å². The van der Waals surface area contributed by atoms with Gasteiger partial charge >= 0.3 is 0 Å². The SMILES string of the molecule is CC(Oc1ccccc1)C(=O)N1CCN(CCNC(=O)c2ccsc2)CC1.Cl. The molecular weight excluding hydrogens is 398 g/mol. The van der Waals surface area contributed by atoms with Crippen molar-refractivity contribution in [1.82, 2.24) is 15.1 Å². The van der Waals surface area contributed by atoms with Crippen LogP contribution >= 0.6 is 23.7 Å². The number of halogens is 1. The Bertz CT molecular complexity index is 734. The summed E-state index contributed by atoms with van der Waals surface area (Å²) in [5.74, 6) is 0.694. The number of benzene rings is 1. The summed E-state index contributed by atoms with van der Waals surface area (Å²) in [7, 11) is 0. The maximum absolute atomic E-state index is 12.6. The van der Waals surface area contributed by atoms with Gasteiger partial charge in [0.05, 0.1) is 0 Å². The molecule has 0 bridgehead atoms. The number of nitrogens with zero attached hydrogens (tertiary/aromatic N) is 2. The highest BCUT2D eigenvalue weighted by molar-refractivity contribution is 7.08. The Hall–Kier alpha value is -2.09. The van der Waals surface area contributed by atoms with Crippen molar-refractivity contribution in [3.8, 4) is 5.75 Å². The molecular formula is C20H26ClN3O3S. The summed E-state index contributed by atoms with van der Waals surface area (Å²) in [6.07, 6.45) is -0.496. The average Bonchev–Trinajstić information content (AvgIpc) is 3.23. The van der Waals surface area contributed by atoms with Gasteiger partial charge in [0.25, 0.3) is 11.8 Å². The third-order valence-corrected chi connectivity index (χ3v) is 5.27. The van der Waals surface area contributed by atoms with Gasteiger partial charge in [0.15, 0.2) is 6.10 Å². The minimum absolute atomic E-state index is 0. The van der Waals surface area contributed by atoms with E-state index in [0.29, 0.717) is 30.9 Å². The van der Waals surface area contributed by atoms with Gasteiger partial charge in [-0.05, 0) is 30.5 Å². The molecule has 0 saturated carbocycles. The van der Waals surface area contributed by atoms with Crippen molar-refractivity contribution in [3.05, 3.63) is 52.7 Å². The number of hydrogen-bond donors (Lipinski definition) is 1. The molecule has 1 aromatic heterocycles. The Morgan fingerprint density at radius 3 is 2.50 bits per heavy atom. The lowest BCUT2D eigenvalue weighted by atomic mass is 10.2. The second kappa shape index (κ2) is 11.0. The Morgan fingerprint density at radius 2 is 1.86 bits per heavy atom. The van der Waals surface area contributed by atoms with Gasteiger partial charge in [-0.25, -0.2) is 0 Å². The van der Waals surface area contributed by atoms with E-state index in [4.69, 9.17) is 4.74 Å². The number of rotatable bonds is 7. The number of carbonyl (C=O) groups excluding carboxylic acids is 2. The third-order valence-electron chi connectivity index (χ3n) is 4.58. The van der Waals surface area contributed by atoms with Gasteiger partial charge in [0.2, 0.25) is 0 Å². The monoisotopic (exact) mass is 423 g/mol. The molecule has 1 atom stereocenters. The minimum Gasteiger partial charge on any atom is -0.481 e. The summed E-state index contributed by atoms with van der Waals surface area (Å²) < 4.78 is 5.73. The standard InChI is InChI=1S/C20H25N3O3S.ClH/c1-16(26-18-5-3-2-4-6-18)20(25)23-12-10-22(11-13-23)9-8-21-19(24)17-7-14-27-15-17;/h2-7,14-16H,8-13H2,1H3,(H,21,24);1H. The van der Waals surface area contributed by atoms with Crippen molar-refractivity contribution in [2.24, 2.45) is 0 Å². The molecule has 2 heterocycles. The molecule has 1 aromatic carbocycles. The first-order valence-corrected chi connectivity index (χ1v) is 10.1. The quantitative estimate of drug-likeness (QED) is 0.743. The van der Waals surface area contributed by atoms with Crippen LogP contribution in [0, 0.1) is 0 Å². The van der Waals surface area contributed by atoms with Crippen molar-refractivity contribution < 1.29 is 14.3 Å². The maximum Gasteiger partial charge on any atom is 0.263 e. The van der Waals surface area contributed by atoms with Crippen LogP contribution in [0.25, 0.3) is 0 Å². The molecule has 0 radical (unpaired) electrons. The molecule has 2 aromatic rings. The molecule has 1 fully saturated rings. The first-order chi connectivity index (χ1) is 13.1. The van der Waals surface area contributed by atoms with Crippen LogP contribution < -0.4 is 10.1 Å². The molecule has 1 aliphatic rings. The smallest absolute Gasteiger partial charge is 0.263 e. The lowest BCUT2D eigenvalue weighted by Gasteiger charge is -2.35. The van der Waals surface area contributed by atoms with E-state index in [2.05, 4.69) is 10.2 Å². The molecule has 1 saturated heterocycles. The molecule has 1 aliphatic heterocycles. The molecule has 152 valence electrons. The van der Waals surface area contributed by atoms with E-state index in [1.807, 2.05) is 52.1 Å². The van der Waals surface area contributed by atoms with Crippen molar-refractivity contribution in [3.63, 3.8) is 0 Å². The molecule has 6 nitrogen and oxygen atoms in total. The largest absolute Gasteiger partial charge is 0.481 e. The lowest BCUT2D eigenvalue weighted by molar-refractivity contribution is -0.139. The highest BCUT2D eigenvalue weighted by Gasteiger charge is 2.25. The Morgan fingerprint density at radius 1 is 1.14 bits per heavy atom. The fourth-order valence-electron chi connectivity index (χ4n) is 3.03. The highest BCUT2D eigenvalue weighted by atomic mass is 35.5. The second-order valence-corrected chi connectivity index (χ2v) is 7.29. The normalized spacial score (nSPS) is 15.4. The fourth-order valence-corrected chi connectivity index (χ4v) is 3.66. The summed E-state index contributed by atoms with van der Waals surface area (Å²) >= 11 is 1.52. The molecule has 2 amide bonds. The van der Waals surface area contributed by atoms with E-state index in [1.54, 1.807) is 6.92 Å². The predicted octanol–water partition coefficient (Wildman–Crippen LogP) is 2.51. The van der Waals surface area contributed by atoms with Gasteiger partial charge in [0, 0.05) is 50.2 Å². The first-order valence-electron chi connectivity index (χ1n) is 9.17. The lowest BCUT2D eigenvalue weighted by Crippen LogP contribution is -2.52. The van der Waals surface area contributed by atoms with Crippen molar-refractivity contribution >= 4 is 35.6 Å². The van der Waals surface area contributed by atoms with Crippen LogP contribution in [0.4, 0.5) is 0 Å². The first kappa shape index (κ1) is 22.2. The number of carbonyl (C=O) groups is 2. The Kier molecular flexibility index (Phi) is 8.76. The summed E-state index contributed by atoms with van der Waals surface area (Å²) in [5, 5.41) is 6.68. The molecule has 0 aliphatic carbocycles. The minimum atomic E-state index is -0.496. The van der Waals surface area contributed by atoms with Crippen molar-refractivity contribution in [2.45, 2.75) is 13.0 Å². The molecule has 8 heteroatoms. The number of hydrogen-bond acceptors (Lipinski definition) is 5. The Labute approximate surface area is 175 Å². The zero-order valence-electron chi connectivity index (χ0n) is 15.9. The number of ether oxygens (including phenoxy) is 1. The van der Waals surface area contributed by atoms with Gasteiger partial charge < -0.3 is 15.0 Å². The topological polar surface area (TPSA) is 61.9 Å². The Balaban J connectivity index is 0.00000280. The molecule has 3 rings (SSSR count). The maximum atomic E-state index is 12.6. The second-order valence-electron chi connectivity index (χ2n) is 6.51. The summed E-state index contributed by atoms with van der Waals surface area (Å²) in [6, 6.07) is 11.2. The van der Waals surface area contributed by atoms with Crippen LogP contribution in [-0.4, -0.2) is 67.0 Å². The van der Waals surface area contributed by atoms with Crippen molar-refractivity contribution in [2.75, 3.05) is 39.3 Å². The number of amides is 2. The third kappa shape index (κ3) is 6.22. The number of thiophene rings is 1. The van der Waals surface area contributed by atoms with Gasteiger partial charge in [-0.1, -0.05) is 18.2 Å². The highest BCUT2D eigenvalue weighted by Crippen LogP contribution is 2.13. The van der Waals surface area contributed by atoms with E-state index in [-0.39, 0.29) is 24.2 Å². The van der Waals surface area contributed by atoms with E-state index in [1.165, 1.54) is 11.3 Å². The van der Waals surface area contributed by atoms with Crippen LogP contribution in [0.1, 0.15) is 17.3 Å². The van der Waals surface area contributed by atoms with E-state index < -0.39 is 6.10 Å². The molecule has 0 spiro atoms. The molecule has 1 unspecified atom stereocenters. The van der Waals surface area contributed by atoms with Crippen LogP contribution in [0.15, 0.2) is 47.2 Å². The zero-order valence-corrected chi connectivity index (χ0v) is 17.5. The number of para-hydroxylation sites is 1. The summed E-state index contributed by atoms with van der Waals surface area (Å²) in [5.41, 5.74) is 0.711. The fraction of sp³-hybridized carbons (Fsp3) is 0.400. The van der Waals surface area contributed by atoms with Gasteiger partial charge in [0.1, 0.15) is 5.75 Å². The number of piperazine rings is 1. The molecule has 1 N–H and O–H groups in total. The summed E-state index contributed by atoms with van der Waals surface area (Å²) in [6.45, 7) is 6.15. The molecule has 28 heavy (non-hydrogen) atoms. The van der Waals surface area contributed by atoms with Crippen LogP contribution in [-0.2, 0) is 4.79 Å². The van der Waals surface area contributed by atoms with Crippen molar-refractivity contribution in [1.29, 1.82) is 0 Å². The van der Waals surface area contributed by atoms with Gasteiger partial charge in [-0.3, -0.25) is 14.5 Å². The van der Waals surface area contributed by atoms with E-state index in [0.717, 1.165) is 19.6 Å². The summed E-state index contributed by atoms with van der Waals surface area (Å²) in [4.78, 5) is 28.6.